The van der Waals surface area contributed by atoms with E-state index in [0.717, 1.165) is 29.8 Å². The molecule has 7 heteroatoms. The molecule has 0 aliphatic rings. The minimum Gasteiger partial charge on any atom is -0.492 e. The van der Waals surface area contributed by atoms with Gasteiger partial charge in [0.1, 0.15) is 5.75 Å². The van der Waals surface area contributed by atoms with Crippen molar-refractivity contribution in [1.82, 2.24) is 5.32 Å². The number of ether oxygens (including phenoxy) is 1. The van der Waals surface area contributed by atoms with Gasteiger partial charge in [-0.1, -0.05) is 119 Å². The van der Waals surface area contributed by atoms with Crippen LogP contribution in [0.15, 0.2) is 59.6 Å². The first-order valence-electron chi connectivity index (χ1n) is 15.0. The minimum absolute atomic E-state index is 0.158. The van der Waals surface area contributed by atoms with E-state index in [1.807, 2.05) is 30.3 Å². The van der Waals surface area contributed by atoms with Gasteiger partial charge < -0.3 is 10.1 Å². The van der Waals surface area contributed by atoms with Crippen molar-refractivity contribution in [3.05, 3.63) is 75.7 Å². The highest BCUT2D eigenvalue weighted by Gasteiger charge is 2.17. The molecule has 0 saturated heterocycles. The zero-order valence-corrected chi connectivity index (χ0v) is 25.9. The summed E-state index contributed by atoms with van der Waals surface area (Å²) in [6.45, 7) is 4.10. The lowest BCUT2D eigenvalue weighted by Gasteiger charge is -2.23. The predicted octanol–water partition coefficient (Wildman–Crippen LogP) is 9.16. The number of aromatic nitrogens is 1. The third-order valence-electron chi connectivity index (χ3n) is 7.17. The van der Waals surface area contributed by atoms with Crippen molar-refractivity contribution in [2.24, 2.45) is 0 Å². The Labute approximate surface area is 250 Å². The van der Waals surface area contributed by atoms with E-state index in [9.17, 15) is 4.79 Å². The molecule has 0 atom stereocenters. The lowest BCUT2D eigenvalue weighted by Crippen LogP contribution is -2.38. The second-order valence-corrected chi connectivity index (χ2v) is 11.7. The lowest BCUT2D eigenvalue weighted by molar-refractivity contribution is -0.683. The van der Waals surface area contributed by atoms with Crippen LogP contribution in [-0.4, -0.2) is 19.7 Å². The highest BCUT2D eigenvalue weighted by Crippen LogP contribution is 2.28. The maximum Gasteiger partial charge on any atom is 0.321 e. The number of anilines is 1. The fourth-order valence-corrected chi connectivity index (χ4v) is 5.64. The maximum atomic E-state index is 12.9. The Morgan fingerprint density at radius 1 is 0.925 bits per heavy atom. The fraction of sp³-hybridized carbons (Fsp3) is 0.515. The average molecular weight is 585 g/mol. The van der Waals surface area contributed by atoms with Crippen LogP contribution < -0.4 is 19.5 Å². The molecule has 2 aromatic carbocycles. The molecule has 0 aliphatic carbocycles. The van der Waals surface area contributed by atoms with Crippen LogP contribution in [0.3, 0.4) is 0 Å². The predicted molar refractivity (Wildman–Crippen MR) is 169 cm³/mol. The summed E-state index contributed by atoms with van der Waals surface area (Å²) in [6.07, 6.45) is 17.9. The van der Waals surface area contributed by atoms with Crippen LogP contribution in [0.25, 0.3) is 0 Å². The lowest BCUT2D eigenvalue weighted by atomic mass is 10.1. The van der Waals surface area contributed by atoms with Crippen LogP contribution in [0, 0.1) is 0 Å². The first-order chi connectivity index (χ1) is 19.6. The van der Waals surface area contributed by atoms with Crippen molar-refractivity contribution in [1.29, 1.82) is 0 Å². The Bertz CT molecular complexity index is 1120. The summed E-state index contributed by atoms with van der Waals surface area (Å²) in [5.41, 5.74) is 5.03. The van der Waals surface area contributed by atoms with Gasteiger partial charge in [-0.2, -0.15) is 4.57 Å². The van der Waals surface area contributed by atoms with Crippen LogP contribution in [0.2, 0.25) is 5.02 Å². The van der Waals surface area contributed by atoms with Crippen molar-refractivity contribution in [3.8, 4) is 5.75 Å². The molecule has 218 valence electrons. The number of hydrogen-bond donors (Lipinski definition) is 1. The van der Waals surface area contributed by atoms with Crippen molar-refractivity contribution in [2.45, 2.75) is 97.1 Å². The number of carbonyl (C=O) groups excluding carboxylic acids is 1. The van der Waals surface area contributed by atoms with E-state index in [1.165, 1.54) is 70.6 Å². The van der Waals surface area contributed by atoms with Crippen LogP contribution >= 0.6 is 22.9 Å². The van der Waals surface area contributed by atoms with Crippen LogP contribution in [0.1, 0.15) is 95.1 Å². The molecule has 0 bridgehead atoms. The monoisotopic (exact) mass is 584 g/mol. The maximum absolute atomic E-state index is 12.9. The molecule has 3 rings (SSSR count). The third-order valence-corrected chi connectivity index (χ3v) is 8.15. The smallest absolute Gasteiger partial charge is 0.321 e. The number of hydrogen-bond acceptors (Lipinski definition) is 3. The van der Waals surface area contributed by atoms with E-state index >= 15 is 0 Å². The number of benzene rings is 2. The first-order valence-corrected chi connectivity index (χ1v) is 16.3. The molecule has 0 spiro atoms. The van der Waals surface area contributed by atoms with Crippen molar-refractivity contribution >= 4 is 34.7 Å². The van der Waals surface area contributed by atoms with Gasteiger partial charge >= 0.3 is 6.03 Å². The second kappa shape index (κ2) is 18.7. The molecule has 1 N–H and O–H groups in total. The highest BCUT2D eigenvalue weighted by atomic mass is 35.5. The summed E-state index contributed by atoms with van der Waals surface area (Å²) in [7, 11) is 1.66. The minimum atomic E-state index is -0.158. The molecule has 0 fully saturated rings. The van der Waals surface area contributed by atoms with Gasteiger partial charge in [-0.05, 0) is 36.2 Å². The number of amides is 2. The van der Waals surface area contributed by atoms with Crippen LogP contribution in [-0.2, 0) is 13.1 Å². The summed E-state index contributed by atoms with van der Waals surface area (Å²) >= 11 is 8.12. The number of thiazole rings is 1. The number of urea groups is 1. The largest absolute Gasteiger partial charge is 0.492 e. The molecular weight excluding hydrogens is 538 g/mol. The van der Waals surface area contributed by atoms with E-state index < -0.39 is 0 Å². The number of carbonyl (C=O) groups is 1. The molecule has 0 saturated carbocycles. The van der Waals surface area contributed by atoms with E-state index in [0.29, 0.717) is 23.9 Å². The average Bonchev–Trinajstić information content (AvgIpc) is 3.48. The van der Waals surface area contributed by atoms with Gasteiger partial charge in [0.2, 0.25) is 5.51 Å². The molecule has 0 radical (unpaired) electrons. The first kappa shape index (κ1) is 32.0. The van der Waals surface area contributed by atoms with Crippen molar-refractivity contribution < 1.29 is 14.1 Å². The van der Waals surface area contributed by atoms with Gasteiger partial charge in [-0.25, -0.2) is 4.79 Å². The van der Waals surface area contributed by atoms with E-state index in [2.05, 4.69) is 46.0 Å². The number of halogens is 1. The SMILES string of the molecule is CCCCCCCCCCCCCCOc1cc(CN(C(=O)NC)c2cccc(C[n+]3ccsc3)c2)ccc1Cl. The van der Waals surface area contributed by atoms with Gasteiger partial charge in [0, 0.05) is 18.3 Å². The molecular formula is C33H47ClN3O2S+. The summed E-state index contributed by atoms with van der Waals surface area (Å²) in [6, 6.07) is 13.7. The van der Waals surface area contributed by atoms with Crippen molar-refractivity contribution in [2.75, 3.05) is 18.6 Å². The number of unbranched alkanes of at least 4 members (excludes halogenated alkanes) is 11. The van der Waals surface area contributed by atoms with Crippen LogP contribution in [0.5, 0.6) is 5.75 Å². The Kier molecular flexibility index (Phi) is 15.0. The second-order valence-electron chi connectivity index (χ2n) is 10.5. The van der Waals surface area contributed by atoms with Crippen molar-refractivity contribution in [3.63, 3.8) is 0 Å². The molecule has 40 heavy (non-hydrogen) atoms. The summed E-state index contributed by atoms with van der Waals surface area (Å²) in [4.78, 5) is 14.6. The normalized spacial score (nSPS) is 11.0. The standard InChI is InChI=1S/C33H46ClN3O2S/c1-3-4-5-6-7-8-9-10-11-12-13-14-21-39-32-24-29(18-19-31(32)34)26-37(33(38)35-2)30-17-15-16-28(23-30)25-36-20-22-40-27-36/h15-20,22-24,27H,3-14,21,25-26H2,1-2H3/p+1. The van der Waals surface area contributed by atoms with Gasteiger partial charge in [-0.15, -0.1) is 0 Å². The highest BCUT2D eigenvalue weighted by molar-refractivity contribution is 7.07. The molecule has 0 aliphatic heterocycles. The van der Waals surface area contributed by atoms with Gasteiger partial charge in [0.05, 0.1) is 23.6 Å². The number of nitrogens with one attached hydrogen (secondary N) is 1. The van der Waals surface area contributed by atoms with Crippen LogP contribution in [0.4, 0.5) is 10.5 Å². The Balaban J connectivity index is 1.45. The number of rotatable bonds is 19. The van der Waals surface area contributed by atoms with E-state index in [-0.39, 0.29) is 6.03 Å². The van der Waals surface area contributed by atoms with Gasteiger partial charge in [0.15, 0.2) is 12.7 Å². The molecule has 1 aromatic heterocycles. The molecule has 0 unspecified atom stereocenters. The van der Waals surface area contributed by atoms with E-state index in [4.69, 9.17) is 16.3 Å². The summed E-state index contributed by atoms with van der Waals surface area (Å²) < 4.78 is 8.20. The zero-order valence-electron chi connectivity index (χ0n) is 24.4. The Hall–Kier alpha value is -2.57. The molecule has 2 amide bonds. The van der Waals surface area contributed by atoms with E-state index in [1.54, 1.807) is 23.3 Å². The fourth-order valence-electron chi connectivity index (χ4n) is 4.87. The quantitative estimate of drug-likeness (QED) is 0.113. The third kappa shape index (κ3) is 11.5. The topological polar surface area (TPSA) is 45.5 Å². The summed E-state index contributed by atoms with van der Waals surface area (Å²) in [5, 5.41) is 5.44. The zero-order chi connectivity index (χ0) is 28.4. The molecule has 5 nitrogen and oxygen atoms in total. The van der Waals surface area contributed by atoms with Gasteiger partial charge in [-0.3, -0.25) is 4.90 Å². The number of nitrogens with zero attached hydrogens (tertiary/aromatic N) is 2. The summed E-state index contributed by atoms with van der Waals surface area (Å²) in [5.74, 6) is 0.682. The molecule has 3 aromatic rings. The Morgan fingerprint density at radius 2 is 1.62 bits per heavy atom. The van der Waals surface area contributed by atoms with Gasteiger partial charge in [0.25, 0.3) is 0 Å². The Morgan fingerprint density at radius 3 is 2.27 bits per heavy atom. The molecule has 1 heterocycles.